The fourth-order valence-corrected chi connectivity index (χ4v) is 1.51. The van der Waals surface area contributed by atoms with Crippen molar-refractivity contribution in [3.8, 4) is 0 Å². The lowest BCUT2D eigenvalue weighted by Crippen LogP contribution is -1.81. The van der Waals surface area contributed by atoms with Gasteiger partial charge in [-0.15, -0.1) is 0 Å². The maximum absolute atomic E-state index is 4.09. The predicted octanol–water partition coefficient (Wildman–Crippen LogP) is 3.88. The second-order valence-corrected chi connectivity index (χ2v) is 3.55. The van der Waals surface area contributed by atoms with Gasteiger partial charge in [-0.25, -0.2) is 0 Å². The molecular formula is C14H13. The van der Waals surface area contributed by atoms with Crippen LogP contribution in [0, 0.1) is 6.42 Å². The van der Waals surface area contributed by atoms with Crippen LogP contribution in [0.15, 0.2) is 48.6 Å². The van der Waals surface area contributed by atoms with Crippen LogP contribution in [0.4, 0.5) is 0 Å². The number of benzene rings is 1. The normalized spacial score (nSPS) is 14.1. The standard InChI is InChI=1S/C14H13/c1-4-12-6-5-7-13(9-12)11(3)14-8-10(14)2/h4-9H,1,3H2,2H3. The first-order chi connectivity index (χ1) is 6.72. The molecule has 0 nitrogen and oxygen atoms in total. The fraction of sp³-hybridized carbons (Fsp3) is 0.0714. The van der Waals surface area contributed by atoms with Gasteiger partial charge in [-0.2, -0.15) is 0 Å². The molecule has 0 unspecified atom stereocenters. The van der Waals surface area contributed by atoms with Crippen LogP contribution in [0.3, 0.4) is 0 Å². The molecule has 0 saturated heterocycles. The van der Waals surface area contributed by atoms with E-state index in [1.54, 1.807) is 0 Å². The summed E-state index contributed by atoms with van der Waals surface area (Å²) in [5.41, 5.74) is 6.09. The molecule has 1 radical (unpaired) electrons. The van der Waals surface area contributed by atoms with Gasteiger partial charge in [-0.3, -0.25) is 0 Å². The molecule has 1 aromatic rings. The van der Waals surface area contributed by atoms with Crippen LogP contribution in [-0.4, -0.2) is 0 Å². The molecular weight excluding hydrogens is 168 g/mol. The fourth-order valence-electron chi connectivity index (χ4n) is 1.51. The second kappa shape index (κ2) is 3.30. The highest BCUT2D eigenvalue weighted by molar-refractivity contribution is 5.88. The summed E-state index contributed by atoms with van der Waals surface area (Å²) in [7, 11) is 0. The third-order valence-corrected chi connectivity index (χ3v) is 2.50. The molecule has 0 aliphatic heterocycles. The first-order valence-corrected chi connectivity index (χ1v) is 4.70. The van der Waals surface area contributed by atoms with Crippen molar-refractivity contribution < 1.29 is 0 Å². The Morgan fingerprint density at radius 3 is 2.64 bits per heavy atom. The van der Waals surface area contributed by atoms with Gasteiger partial charge >= 0.3 is 0 Å². The largest absolute Gasteiger partial charge is 0.0985 e. The SMILES string of the molecule is C=Cc1cccc(C(=C)C2=C(C)[CH]2)c1. The van der Waals surface area contributed by atoms with Gasteiger partial charge in [0.15, 0.2) is 0 Å². The molecule has 0 fully saturated rings. The van der Waals surface area contributed by atoms with Crippen LogP contribution in [0.25, 0.3) is 11.6 Å². The van der Waals surface area contributed by atoms with Gasteiger partial charge in [0.05, 0.1) is 0 Å². The lowest BCUT2D eigenvalue weighted by molar-refractivity contribution is 1.59. The van der Waals surface area contributed by atoms with Gasteiger partial charge in [0.2, 0.25) is 0 Å². The lowest BCUT2D eigenvalue weighted by atomic mass is 10.0. The molecule has 0 bridgehead atoms. The van der Waals surface area contributed by atoms with Gasteiger partial charge in [-0.05, 0) is 35.3 Å². The van der Waals surface area contributed by atoms with Crippen molar-refractivity contribution in [2.24, 2.45) is 0 Å². The van der Waals surface area contributed by atoms with Crippen molar-refractivity contribution in [1.82, 2.24) is 0 Å². The maximum atomic E-state index is 4.09. The molecule has 1 aliphatic rings. The van der Waals surface area contributed by atoms with Gasteiger partial charge in [0.1, 0.15) is 0 Å². The maximum Gasteiger partial charge on any atom is 0.0164 e. The van der Waals surface area contributed by atoms with Gasteiger partial charge in [0, 0.05) is 6.42 Å². The molecule has 0 amide bonds. The van der Waals surface area contributed by atoms with E-state index in [4.69, 9.17) is 0 Å². The average molecular weight is 181 g/mol. The molecule has 0 saturated carbocycles. The number of hydrogen-bond donors (Lipinski definition) is 0. The van der Waals surface area contributed by atoms with E-state index in [9.17, 15) is 0 Å². The molecule has 0 spiro atoms. The Labute approximate surface area is 85.3 Å². The average Bonchev–Trinajstić information content (AvgIpc) is 2.94. The van der Waals surface area contributed by atoms with E-state index in [0.29, 0.717) is 0 Å². The van der Waals surface area contributed by atoms with E-state index in [2.05, 4.69) is 38.6 Å². The van der Waals surface area contributed by atoms with E-state index < -0.39 is 0 Å². The third-order valence-electron chi connectivity index (χ3n) is 2.50. The zero-order valence-electron chi connectivity index (χ0n) is 8.38. The minimum atomic E-state index is 1.12. The molecule has 0 atom stereocenters. The summed E-state index contributed by atoms with van der Waals surface area (Å²) in [4.78, 5) is 0. The van der Waals surface area contributed by atoms with E-state index >= 15 is 0 Å². The second-order valence-electron chi connectivity index (χ2n) is 3.55. The Morgan fingerprint density at radius 2 is 2.07 bits per heavy atom. The van der Waals surface area contributed by atoms with Crippen molar-refractivity contribution in [1.29, 1.82) is 0 Å². The molecule has 1 aliphatic carbocycles. The Hall–Kier alpha value is -1.56. The summed E-state index contributed by atoms with van der Waals surface area (Å²) in [6.45, 7) is 9.96. The summed E-state index contributed by atoms with van der Waals surface area (Å²) in [5.74, 6) is 0. The molecule has 0 aromatic heterocycles. The molecule has 1 aromatic carbocycles. The lowest BCUT2D eigenvalue weighted by Gasteiger charge is -2.02. The van der Waals surface area contributed by atoms with Crippen molar-refractivity contribution in [3.63, 3.8) is 0 Å². The monoisotopic (exact) mass is 181 g/mol. The minimum Gasteiger partial charge on any atom is -0.0985 e. The van der Waals surface area contributed by atoms with Gasteiger partial charge in [-0.1, -0.05) is 43.0 Å². The molecule has 0 N–H and O–H groups in total. The minimum absolute atomic E-state index is 1.12. The van der Waals surface area contributed by atoms with Crippen LogP contribution in [-0.2, 0) is 0 Å². The molecule has 0 heteroatoms. The molecule has 0 heterocycles. The highest BCUT2D eigenvalue weighted by Gasteiger charge is 2.20. The van der Waals surface area contributed by atoms with E-state index in [1.165, 1.54) is 16.7 Å². The Balaban J connectivity index is 2.32. The van der Waals surface area contributed by atoms with E-state index in [1.807, 2.05) is 18.2 Å². The number of hydrogen-bond acceptors (Lipinski definition) is 0. The predicted molar refractivity (Wildman–Crippen MR) is 62.6 cm³/mol. The zero-order valence-corrected chi connectivity index (χ0v) is 8.38. The number of rotatable bonds is 3. The first kappa shape index (κ1) is 9.01. The van der Waals surface area contributed by atoms with Crippen LogP contribution < -0.4 is 0 Å². The quantitative estimate of drug-likeness (QED) is 0.664. The Kier molecular flexibility index (Phi) is 2.12. The highest BCUT2D eigenvalue weighted by atomic mass is 14.2. The van der Waals surface area contributed by atoms with Crippen molar-refractivity contribution >= 4 is 11.6 Å². The summed E-state index contributed by atoms with van der Waals surface area (Å²) in [5, 5.41) is 0. The van der Waals surface area contributed by atoms with Crippen molar-refractivity contribution in [3.05, 3.63) is 66.1 Å². The Bertz CT molecular complexity index is 433. The van der Waals surface area contributed by atoms with Crippen molar-refractivity contribution in [2.45, 2.75) is 6.92 Å². The van der Waals surface area contributed by atoms with Crippen LogP contribution >= 0.6 is 0 Å². The smallest absolute Gasteiger partial charge is 0.0164 e. The summed E-state index contributed by atoms with van der Waals surface area (Å²) < 4.78 is 0. The van der Waals surface area contributed by atoms with Crippen molar-refractivity contribution in [2.75, 3.05) is 0 Å². The zero-order chi connectivity index (χ0) is 10.1. The topological polar surface area (TPSA) is 0 Å². The number of allylic oxidation sites excluding steroid dienone is 3. The van der Waals surface area contributed by atoms with Gasteiger partial charge < -0.3 is 0 Å². The van der Waals surface area contributed by atoms with E-state index in [0.717, 1.165) is 11.1 Å². The summed E-state index contributed by atoms with van der Waals surface area (Å²) in [6, 6.07) is 8.28. The van der Waals surface area contributed by atoms with Crippen LogP contribution in [0.2, 0.25) is 0 Å². The molecule has 14 heavy (non-hydrogen) atoms. The van der Waals surface area contributed by atoms with Crippen LogP contribution in [0.1, 0.15) is 18.1 Å². The Morgan fingerprint density at radius 1 is 1.36 bits per heavy atom. The molecule has 69 valence electrons. The van der Waals surface area contributed by atoms with E-state index in [-0.39, 0.29) is 0 Å². The van der Waals surface area contributed by atoms with Gasteiger partial charge in [0.25, 0.3) is 0 Å². The van der Waals surface area contributed by atoms with Crippen LogP contribution in [0.5, 0.6) is 0 Å². The molecule has 2 rings (SSSR count). The first-order valence-electron chi connectivity index (χ1n) is 4.70. The summed E-state index contributed by atoms with van der Waals surface area (Å²) >= 11 is 0. The summed E-state index contributed by atoms with van der Waals surface area (Å²) in [6.07, 6.45) is 4.01. The third kappa shape index (κ3) is 1.56. The highest BCUT2D eigenvalue weighted by Crippen LogP contribution is 2.39.